The van der Waals surface area contributed by atoms with Crippen LogP contribution >= 0.6 is 11.6 Å². The van der Waals surface area contributed by atoms with Crippen molar-refractivity contribution in [1.29, 1.82) is 0 Å². The minimum absolute atomic E-state index is 0.124. The van der Waals surface area contributed by atoms with Crippen LogP contribution < -0.4 is 0 Å². The molecule has 0 unspecified atom stereocenters. The van der Waals surface area contributed by atoms with E-state index in [1.54, 1.807) is 13.0 Å². The first-order valence-electron chi connectivity index (χ1n) is 4.53. The van der Waals surface area contributed by atoms with Crippen LogP contribution in [-0.4, -0.2) is 11.1 Å². The SMILES string of the molecule is C[C@@]1(C(=O)O)C[C@H]1c1cccc(Cl)c1. The highest BCUT2D eigenvalue weighted by molar-refractivity contribution is 6.30. The molecule has 0 radical (unpaired) electrons. The summed E-state index contributed by atoms with van der Waals surface area (Å²) in [4.78, 5) is 10.9. The molecule has 0 spiro atoms. The molecule has 2 rings (SSSR count). The summed E-state index contributed by atoms with van der Waals surface area (Å²) in [6.45, 7) is 1.78. The molecule has 0 aromatic heterocycles. The van der Waals surface area contributed by atoms with Crippen molar-refractivity contribution in [3.8, 4) is 0 Å². The second kappa shape index (κ2) is 2.99. The van der Waals surface area contributed by atoms with E-state index in [1.807, 2.05) is 18.2 Å². The van der Waals surface area contributed by atoms with E-state index < -0.39 is 11.4 Å². The summed E-state index contributed by atoms with van der Waals surface area (Å²) < 4.78 is 0. The standard InChI is InChI=1S/C11H11ClO2/c1-11(10(13)14)6-9(11)7-3-2-4-8(12)5-7/h2-5,9H,6H2,1H3,(H,13,14)/t9-,11+/m0/s1. The molecule has 0 aliphatic heterocycles. The molecule has 1 saturated carbocycles. The van der Waals surface area contributed by atoms with Crippen molar-refractivity contribution < 1.29 is 9.90 Å². The molecule has 14 heavy (non-hydrogen) atoms. The van der Waals surface area contributed by atoms with Crippen LogP contribution in [0.25, 0.3) is 0 Å². The quantitative estimate of drug-likeness (QED) is 0.815. The van der Waals surface area contributed by atoms with Crippen molar-refractivity contribution in [3.63, 3.8) is 0 Å². The van der Waals surface area contributed by atoms with Crippen LogP contribution in [-0.2, 0) is 4.79 Å². The molecule has 1 aliphatic rings. The first kappa shape index (κ1) is 9.53. The van der Waals surface area contributed by atoms with Gasteiger partial charge in [-0.05, 0) is 31.0 Å². The minimum atomic E-state index is -0.720. The number of rotatable bonds is 2. The Morgan fingerprint density at radius 2 is 2.36 bits per heavy atom. The van der Waals surface area contributed by atoms with Gasteiger partial charge in [0.15, 0.2) is 0 Å². The average molecular weight is 211 g/mol. The first-order valence-corrected chi connectivity index (χ1v) is 4.91. The van der Waals surface area contributed by atoms with Gasteiger partial charge in [-0.1, -0.05) is 23.7 Å². The van der Waals surface area contributed by atoms with E-state index in [-0.39, 0.29) is 5.92 Å². The third kappa shape index (κ3) is 1.40. The maximum Gasteiger partial charge on any atom is 0.309 e. The van der Waals surface area contributed by atoms with E-state index in [4.69, 9.17) is 16.7 Å². The van der Waals surface area contributed by atoms with Crippen molar-refractivity contribution >= 4 is 17.6 Å². The number of halogens is 1. The van der Waals surface area contributed by atoms with Crippen LogP contribution in [0.15, 0.2) is 24.3 Å². The fraction of sp³-hybridized carbons (Fsp3) is 0.364. The maximum atomic E-state index is 10.9. The highest BCUT2D eigenvalue weighted by Crippen LogP contribution is 2.59. The van der Waals surface area contributed by atoms with Gasteiger partial charge in [0, 0.05) is 10.9 Å². The zero-order valence-electron chi connectivity index (χ0n) is 7.83. The van der Waals surface area contributed by atoms with E-state index in [0.717, 1.165) is 5.56 Å². The molecule has 1 aromatic rings. The van der Waals surface area contributed by atoms with Crippen LogP contribution in [0, 0.1) is 5.41 Å². The Kier molecular flexibility index (Phi) is 2.04. The summed E-state index contributed by atoms with van der Waals surface area (Å²) in [6, 6.07) is 7.44. The van der Waals surface area contributed by atoms with Gasteiger partial charge in [0.25, 0.3) is 0 Å². The largest absolute Gasteiger partial charge is 0.481 e. The van der Waals surface area contributed by atoms with Crippen molar-refractivity contribution in [2.45, 2.75) is 19.3 Å². The number of benzene rings is 1. The molecule has 0 heterocycles. The molecular formula is C11H11ClO2. The Bertz CT molecular complexity index is 389. The summed E-state index contributed by atoms with van der Waals surface area (Å²) in [5.41, 5.74) is 0.451. The summed E-state index contributed by atoms with van der Waals surface area (Å²) in [5, 5.41) is 9.65. The number of aliphatic carboxylic acids is 1. The molecule has 1 fully saturated rings. The molecule has 1 aromatic carbocycles. The lowest BCUT2D eigenvalue weighted by atomic mass is 10.0. The lowest BCUT2D eigenvalue weighted by Gasteiger charge is -2.05. The number of carboxylic acids is 1. The highest BCUT2D eigenvalue weighted by atomic mass is 35.5. The predicted octanol–water partition coefficient (Wildman–Crippen LogP) is 2.92. The Hall–Kier alpha value is -1.02. The Morgan fingerprint density at radius 3 is 2.86 bits per heavy atom. The van der Waals surface area contributed by atoms with Crippen molar-refractivity contribution in [2.75, 3.05) is 0 Å². The molecule has 3 heteroatoms. The molecule has 1 aliphatic carbocycles. The van der Waals surface area contributed by atoms with Crippen molar-refractivity contribution in [3.05, 3.63) is 34.9 Å². The van der Waals surface area contributed by atoms with Gasteiger partial charge < -0.3 is 5.11 Å². The van der Waals surface area contributed by atoms with Gasteiger partial charge in [-0.25, -0.2) is 0 Å². The Balaban J connectivity index is 2.25. The summed E-state index contributed by atoms with van der Waals surface area (Å²) in [6.07, 6.45) is 0.711. The van der Waals surface area contributed by atoms with E-state index >= 15 is 0 Å². The van der Waals surface area contributed by atoms with Crippen LogP contribution in [0.2, 0.25) is 5.02 Å². The summed E-state index contributed by atoms with van der Waals surface area (Å²) in [5.74, 6) is -0.596. The fourth-order valence-electron chi connectivity index (χ4n) is 1.81. The van der Waals surface area contributed by atoms with Gasteiger partial charge in [0.1, 0.15) is 0 Å². The van der Waals surface area contributed by atoms with Gasteiger partial charge >= 0.3 is 5.97 Å². The second-order valence-electron chi connectivity index (χ2n) is 4.03. The van der Waals surface area contributed by atoms with E-state index in [1.165, 1.54) is 0 Å². The van der Waals surface area contributed by atoms with Crippen LogP contribution in [0.4, 0.5) is 0 Å². The number of carbonyl (C=O) groups is 1. The molecule has 0 amide bonds. The van der Waals surface area contributed by atoms with Crippen LogP contribution in [0.5, 0.6) is 0 Å². The van der Waals surface area contributed by atoms with E-state index in [2.05, 4.69) is 0 Å². The van der Waals surface area contributed by atoms with Crippen molar-refractivity contribution in [1.82, 2.24) is 0 Å². The number of carboxylic acid groups (broad SMARTS) is 1. The minimum Gasteiger partial charge on any atom is -0.481 e. The third-order valence-electron chi connectivity index (χ3n) is 2.98. The van der Waals surface area contributed by atoms with Gasteiger partial charge in [-0.2, -0.15) is 0 Å². The topological polar surface area (TPSA) is 37.3 Å². The zero-order chi connectivity index (χ0) is 10.3. The second-order valence-corrected chi connectivity index (χ2v) is 4.47. The third-order valence-corrected chi connectivity index (χ3v) is 3.21. The predicted molar refractivity (Wildman–Crippen MR) is 54.6 cm³/mol. The zero-order valence-corrected chi connectivity index (χ0v) is 8.58. The first-order chi connectivity index (χ1) is 6.54. The molecular weight excluding hydrogens is 200 g/mol. The van der Waals surface area contributed by atoms with E-state index in [0.29, 0.717) is 11.4 Å². The summed E-state index contributed by atoms with van der Waals surface area (Å²) in [7, 11) is 0. The fourth-order valence-corrected chi connectivity index (χ4v) is 2.01. The van der Waals surface area contributed by atoms with Gasteiger partial charge in [0.05, 0.1) is 5.41 Å². The molecule has 2 nitrogen and oxygen atoms in total. The van der Waals surface area contributed by atoms with Crippen LogP contribution in [0.3, 0.4) is 0 Å². The number of hydrogen-bond acceptors (Lipinski definition) is 1. The Morgan fingerprint density at radius 1 is 1.64 bits per heavy atom. The smallest absolute Gasteiger partial charge is 0.309 e. The molecule has 0 bridgehead atoms. The van der Waals surface area contributed by atoms with Gasteiger partial charge in [-0.15, -0.1) is 0 Å². The lowest BCUT2D eigenvalue weighted by molar-refractivity contribution is -0.142. The monoisotopic (exact) mass is 210 g/mol. The Labute approximate surface area is 87.5 Å². The van der Waals surface area contributed by atoms with Crippen LogP contribution in [0.1, 0.15) is 24.8 Å². The average Bonchev–Trinajstić information content (AvgIpc) is 2.80. The van der Waals surface area contributed by atoms with E-state index in [9.17, 15) is 4.79 Å². The molecule has 2 atom stereocenters. The molecule has 1 N–H and O–H groups in total. The normalized spacial score (nSPS) is 30.0. The number of hydrogen-bond donors (Lipinski definition) is 1. The lowest BCUT2D eigenvalue weighted by Crippen LogP contribution is -2.12. The van der Waals surface area contributed by atoms with Crippen molar-refractivity contribution in [2.24, 2.45) is 5.41 Å². The van der Waals surface area contributed by atoms with Gasteiger partial charge in [-0.3, -0.25) is 4.79 Å². The maximum absolute atomic E-state index is 10.9. The molecule has 0 saturated heterocycles. The molecule has 74 valence electrons. The summed E-state index contributed by atoms with van der Waals surface area (Å²) >= 11 is 5.84. The highest BCUT2D eigenvalue weighted by Gasteiger charge is 2.57. The van der Waals surface area contributed by atoms with Gasteiger partial charge in [0.2, 0.25) is 0 Å².